The van der Waals surface area contributed by atoms with Gasteiger partial charge in [-0.1, -0.05) is 12.1 Å². The molecular weight excluding hydrogens is 240 g/mol. The van der Waals surface area contributed by atoms with Crippen molar-refractivity contribution in [1.29, 1.82) is 0 Å². The van der Waals surface area contributed by atoms with Gasteiger partial charge in [-0.2, -0.15) is 0 Å². The average molecular weight is 256 g/mol. The number of benzene rings is 2. The molecule has 4 rings (SSSR count). The van der Waals surface area contributed by atoms with Gasteiger partial charge in [-0.15, -0.1) is 0 Å². The maximum atomic E-state index is 10.6. The van der Waals surface area contributed by atoms with Crippen LogP contribution in [0, 0.1) is 0 Å². The molecule has 19 heavy (non-hydrogen) atoms. The summed E-state index contributed by atoms with van der Waals surface area (Å²) in [5.74, 6) is 2.10. The fourth-order valence-electron chi connectivity index (χ4n) is 4.01. The maximum Gasteiger partial charge on any atom is 0.131 e. The Labute approximate surface area is 111 Å². The van der Waals surface area contributed by atoms with E-state index in [1.807, 2.05) is 18.2 Å². The number of phenols is 2. The number of methoxy groups -OCH3 is 1. The van der Waals surface area contributed by atoms with Crippen molar-refractivity contribution in [3.8, 4) is 17.2 Å². The molecule has 0 spiro atoms. The van der Waals surface area contributed by atoms with E-state index < -0.39 is 0 Å². The molecule has 0 radical (unpaired) electrons. The minimum atomic E-state index is 0.312. The van der Waals surface area contributed by atoms with Crippen LogP contribution in [0.5, 0.6) is 17.2 Å². The largest absolute Gasteiger partial charge is 0.507 e. The molecule has 2 unspecified atom stereocenters. The number of rotatable bonds is 1. The van der Waals surface area contributed by atoms with Crippen molar-refractivity contribution >= 4 is 10.8 Å². The molecule has 0 aliphatic heterocycles. The molecule has 98 valence electrons. The first-order chi connectivity index (χ1) is 9.22. The van der Waals surface area contributed by atoms with Crippen molar-refractivity contribution in [2.45, 2.75) is 31.1 Å². The normalized spacial score (nSPS) is 23.8. The number of hydrogen-bond donors (Lipinski definition) is 2. The first-order valence-corrected chi connectivity index (χ1v) is 6.76. The Morgan fingerprint density at radius 1 is 1.05 bits per heavy atom. The van der Waals surface area contributed by atoms with Crippen molar-refractivity contribution in [1.82, 2.24) is 0 Å². The van der Waals surface area contributed by atoms with E-state index >= 15 is 0 Å². The molecule has 1 saturated carbocycles. The Morgan fingerprint density at radius 2 is 1.74 bits per heavy atom. The summed E-state index contributed by atoms with van der Waals surface area (Å²) in [6.07, 6.45) is 3.31. The smallest absolute Gasteiger partial charge is 0.131 e. The highest BCUT2D eigenvalue weighted by molar-refractivity contribution is 6.00. The number of fused-ring (bicyclic) bond motifs is 6. The Morgan fingerprint density at radius 3 is 2.42 bits per heavy atom. The molecule has 0 aromatic heterocycles. The second-order valence-corrected chi connectivity index (χ2v) is 5.61. The summed E-state index contributed by atoms with van der Waals surface area (Å²) >= 11 is 0. The topological polar surface area (TPSA) is 49.7 Å². The monoisotopic (exact) mass is 256 g/mol. The van der Waals surface area contributed by atoms with Crippen LogP contribution in [0.15, 0.2) is 18.2 Å². The fraction of sp³-hybridized carbons (Fsp3) is 0.375. The Balaban J connectivity index is 2.17. The predicted molar refractivity (Wildman–Crippen MR) is 73.2 cm³/mol. The van der Waals surface area contributed by atoms with Gasteiger partial charge in [-0.05, 0) is 37.2 Å². The third kappa shape index (κ3) is 1.23. The molecule has 3 heteroatoms. The number of ether oxygens (including phenoxy) is 1. The lowest BCUT2D eigenvalue weighted by atomic mass is 9.87. The zero-order valence-corrected chi connectivity index (χ0v) is 10.8. The summed E-state index contributed by atoms with van der Waals surface area (Å²) in [6.45, 7) is 0. The molecule has 2 N–H and O–H groups in total. The highest BCUT2D eigenvalue weighted by Gasteiger charge is 2.42. The fourth-order valence-corrected chi connectivity index (χ4v) is 4.01. The van der Waals surface area contributed by atoms with E-state index in [1.165, 1.54) is 0 Å². The summed E-state index contributed by atoms with van der Waals surface area (Å²) in [5.41, 5.74) is 1.94. The van der Waals surface area contributed by atoms with Crippen LogP contribution < -0.4 is 4.74 Å². The summed E-state index contributed by atoms with van der Waals surface area (Å²) in [4.78, 5) is 0. The van der Waals surface area contributed by atoms with Crippen molar-refractivity contribution in [2.75, 3.05) is 7.11 Å². The van der Waals surface area contributed by atoms with Crippen LogP contribution in [0.4, 0.5) is 0 Å². The lowest BCUT2D eigenvalue weighted by Gasteiger charge is -2.21. The maximum absolute atomic E-state index is 10.6. The molecule has 3 nitrogen and oxygen atoms in total. The second kappa shape index (κ2) is 3.56. The second-order valence-electron chi connectivity index (χ2n) is 5.61. The number of hydrogen-bond acceptors (Lipinski definition) is 3. The van der Waals surface area contributed by atoms with Gasteiger partial charge in [0.2, 0.25) is 0 Å². The quantitative estimate of drug-likeness (QED) is 0.766. The van der Waals surface area contributed by atoms with Crippen molar-refractivity contribution in [3.63, 3.8) is 0 Å². The lowest BCUT2D eigenvalue weighted by Crippen LogP contribution is -2.00. The van der Waals surface area contributed by atoms with Crippen LogP contribution >= 0.6 is 0 Å². The summed E-state index contributed by atoms with van der Waals surface area (Å²) in [6, 6.07) is 5.51. The van der Waals surface area contributed by atoms with E-state index in [0.29, 0.717) is 39.9 Å². The van der Waals surface area contributed by atoms with Gasteiger partial charge in [0.05, 0.1) is 12.5 Å². The van der Waals surface area contributed by atoms with Gasteiger partial charge in [-0.3, -0.25) is 0 Å². The molecule has 0 heterocycles. The van der Waals surface area contributed by atoms with E-state index in [2.05, 4.69) is 0 Å². The molecule has 0 amide bonds. The van der Waals surface area contributed by atoms with Gasteiger partial charge in [0.1, 0.15) is 17.2 Å². The van der Waals surface area contributed by atoms with E-state index in [-0.39, 0.29) is 0 Å². The molecule has 2 aromatic rings. The molecule has 2 aromatic carbocycles. The van der Waals surface area contributed by atoms with Crippen LogP contribution in [0.1, 0.15) is 42.2 Å². The van der Waals surface area contributed by atoms with Gasteiger partial charge in [0, 0.05) is 16.5 Å². The Hall–Kier alpha value is -1.90. The third-order valence-electron chi connectivity index (χ3n) is 4.79. The molecule has 2 aliphatic carbocycles. The first-order valence-electron chi connectivity index (χ1n) is 6.76. The Bertz CT molecular complexity index is 690. The van der Waals surface area contributed by atoms with Crippen LogP contribution in [0.3, 0.4) is 0 Å². The molecule has 2 bridgehead atoms. The number of aromatic hydroxyl groups is 2. The van der Waals surface area contributed by atoms with Crippen LogP contribution in [-0.2, 0) is 0 Å². The molecular formula is C16H16O3. The summed E-state index contributed by atoms with van der Waals surface area (Å²) in [7, 11) is 1.59. The molecule has 1 fully saturated rings. The zero-order valence-electron chi connectivity index (χ0n) is 10.8. The summed E-state index contributed by atoms with van der Waals surface area (Å²) in [5, 5.41) is 22.6. The van der Waals surface area contributed by atoms with Gasteiger partial charge in [0.15, 0.2) is 0 Å². The minimum Gasteiger partial charge on any atom is -0.507 e. The molecule has 2 atom stereocenters. The Kier molecular flexibility index (Phi) is 2.06. The van der Waals surface area contributed by atoms with Crippen molar-refractivity contribution < 1.29 is 14.9 Å². The standard InChI is InChI=1S/C16H16O3/c1-19-11-4-2-3-10-14(11)16(18)13-9-6-5-8(7-9)12(13)15(10)17/h2-4,8-9,17-18H,5-7H2,1H3. The van der Waals surface area contributed by atoms with Crippen LogP contribution in [-0.4, -0.2) is 17.3 Å². The van der Waals surface area contributed by atoms with E-state index in [4.69, 9.17) is 4.74 Å². The average Bonchev–Trinajstić information content (AvgIpc) is 3.04. The van der Waals surface area contributed by atoms with Crippen LogP contribution in [0.25, 0.3) is 10.8 Å². The van der Waals surface area contributed by atoms with Gasteiger partial charge < -0.3 is 14.9 Å². The van der Waals surface area contributed by atoms with E-state index in [9.17, 15) is 10.2 Å². The van der Waals surface area contributed by atoms with Gasteiger partial charge >= 0.3 is 0 Å². The molecule has 0 saturated heterocycles. The highest BCUT2D eigenvalue weighted by atomic mass is 16.5. The van der Waals surface area contributed by atoms with Gasteiger partial charge in [-0.25, -0.2) is 0 Å². The minimum absolute atomic E-state index is 0.312. The first kappa shape index (κ1) is 11.0. The molecule has 2 aliphatic rings. The third-order valence-corrected chi connectivity index (χ3v) is 4.79. The highest BCUT2D eigenvalue weighted by Crippen LogP contribution is 2.61. The van der Waals surface area contributed by atoms with Crippen molar-refractivity contribution in [2.24, 2.45) is 0 Å². The lowest BCUT2D eigenvalue weighted by molar-refractivity contribution is 0.413. The SMILES string of the molecule is COc1cccc2c(O)c3c(c(O)c12)C1CCC3C1. The van der Waals surface area contributed by atoms with E-state index in [0.717, 1.165) is 30.4 Å². The summed E-state index contributed by atoms with van der Waals surface area (Å²) < 4.78 is 5.33. The van der Waals surface area contributed by atoms with Gasteiger partial charge in [0.25, 0.3) is 0 Å². The zero-order chi connectivity index (χ0) is 13.1. The number of phenolic OH excluding ortho intramolecular Hbond substituents is 2. The predicted octanol–water partition coefficient (Wildman–Crippen LogP) is 3.62. The van der Waals surface area contributed by atoms with Crippen molar-refractivity contribution in [3.05, 3.63) is 29.3 Å². The van der Waals surface area contributed by atoms with E-state index in [1.54, 1.807) is 7.11 Å². The van der Waals surface area contributed by atoms with Crippen LogP contribution in [0.2, 0.25) is 0 Å².